The summed E-state index contributed by atoms with van der Waals surface area (Å²) in [6.45, 7) is 4.75. The fourth-order valence-corrected chi connectivity index (χ4v) is 4.42. The van der Waals surface area contributed by atoms with Crippen LogP contribution in [0, 0.1) is 0 Å². The van der Waals surface area contributed by atoms with Crippen LogP contribution in [-0.4, -0.2) is 12.1 Å². The summed E-state index contributed by atoms with van der Waals surface area (Å²) in [6.07, 6.45) is 2.45. The Kier molecular flexibility index (Phi) is 4.02. The van der Waals surface area contributed by atoms with E-state index in [0.717, 1.165) is 0 Å². The molecule has 122 valence electrons. The lowest BCUT2D eigenvalue weighted by molar-refractivity contribution is 0.371. The third-order valence-corrected chi connectivity index (χ3v) is 5.50. The van der Waals surface area contributed by atoms with Crippen molar-refractivity contribution in [3.8, 4) is 0 Å². The van der Waals surface area contributed by atoms with Crippen molar-refractivity contribution < 1.29 is 0 Å². The summed E-state index contributed by atoms with van der Waals surface area (Å²) in [5.74, 6) is 0.674. The Morgan fingerprint density at radius 2 is 1.33 bits per heavy atom. The van der Waals surface area contributed by atoms with Crippen LogP contribution in [-0.2, 0) is 0 Å². The van der Waals surface area contributed by atoms with E-state index in [9.17, 15) is 0 Å². The van der Waals surface area contributed by atoms with Crippen LogP contribution in [0.25, 0.3) is 10.8 Å². The number of nitrogens with zero attached hydrogens (tertiary/aromatic N) is 1. The van der Waals surface area contributed by atoms with Crippen LogP contribution in [0.3, 0.4) is 0 Å². The summed E-state index contributed by atoms with van der Waals surface area (Å²) in [6, 6.07) is 27.7. The summed E-state index contributed by atoms with van der Waals surface area (Å²) >= 11 is 0. The van der Waals surface area contributed by atoms with Gasteiger partial charge < -0.3 is 4.90 Å². The van der Waals surface area contributed by atoms with Crippen LogP contribution in [0.15, 0.2) is 72.8 Å². The van der Waals surface area contributed by atoms with E-state index in [0.29, 0.717) is 18.0 Å². The SMILES string of the molecule is CC1CC(c2ccccc2)CC(C)N1c1ccc2ccccc2c1. The Morgan fingerprint density at radius 3 is 2.04 bits per heavy atom. The zero-order valence-electron chi connectivity index (χ0n) is 14.5. The summed E-state index contributed by atoms with van der Waals surface area (Å²) < 4.78 is 0. The maximum absolute atomic E-state index is 2.62. The molecule has 3 aromatic carbocycles. The molecule has 1 heteroatoms. The molecule has 0 N–H and O–H groups in total. The Hall–Kier alpha value is -2.28. The number of fused-ring (bicyclic) bond motifs is 1. The van der Waals surface area contributed by atoms with Crippen LogP contribution in [0.5, 0.6) is 0 Å². The highest BCUT2D eigenvalue weighted by molar-refractivity contribution is 5.86. The molecule has 24 heavy (non-hydrogen) atoms. The van der Waals surface area contributed by atoms with Gasteiger partial charge in [-0.1, -0.05) is 60.7 Å². The lowest BCUT2D eigenvalue weighted by Gasteiger charge is -2.44. The highest BCUT2D eigenvalue weighted by Gasteiger charge is 2.31. The summed E-state index contributed by atoms with van der Waals surface area (Å²) in [5.41, 5.74) is 2.86. The third kappa shape index (κ3) is 2.80. The van der Waals surface area contributed by atoms with E-state index < -0.39 is 0 Å². The minimum Gasteiger partial charge on any atom is -0.366 e. The fourth-order valence-electron chi connectivity index (χ4n) is 4.42. The molecule has 0 radical (unpaired) electrons. The molecule has 2 unspecified atom stereocenters. The monoisotopic (exact) mass is 315 g/mol. The molecule has 0 saturated carbocycles. The van der Waals surface area contributed by atoms with E-state index in [-0.39, 0.29) is 0 Å². The Morgan fingerprint density at radius 1 is 0.708 bits per heavy atom. The number of benzene rings is 3. The minimum atomic E-state index is 0.556. The second kappa shape index (κ2) is 6.32. The largest absolute Gasteiger partial charge is 0.366 e. The van der Waals surface area contributed by atoms with Gasteiger partial charge in [-0.3, -0.25) is 0 Å². The van der Waals surface area contributed by atoms with Gasteiger partial charge in [-0.05, 0) is 61.1 Å². The molecule has 3 aromatic rings. The van der Waals surface area contributed by atoms with Crippen molar-refractivity contribution in [1.29, 1.82) is 0 Å². The standard InChI is InChI=1S/C23H25N/c1-17-14-22(19-8-4-3-5-9-19)15-18(2)24(17)23-13-12-20-10-6-7-11-21(20)16-23/h3-13,16-18,22H,14-15H2,1-2H3. The van der Waals surface area contributed by atoms with E-state index in [1.807, 2.05) is 0 Å². The lowest BCUT2D eigenvalue weighted by atomic mass is 9.82. The molecule has 1 aliphatic heterocycles. The first kappa shape index (κ1) is 15.3. The molecule has 0 spiro atoms. The highest BCUT2D eigenvalue weighted by Crippen LogP contribution is 2.38. The van der Waals surface area contributed by atoms with Gasteiger partial charge in [0.2, 0.25) is 0 Å². The van der Waals surface area contributed by atoms with Crippen molar-refractivity contribution in [2.24, 2.45) is 0 Å². The van der Waals surface area contributed by atoms with Crippen molar-refractivity contribution in [3.05, 3.63) is 78.4 Å². The number of piperidine rings is 1. The van der Waals surface area contributed by atoms with Gasteiger partial charge in [-0.2, -0.15) is 0 Å². The molecule has 4 rings (SSSR count). The van der Waals surface area contributed by atoms with Gasteiger partial charge >= 0.3 is 0 Å². The van der Waals surface area contributed by atoms with E-state index in [1.54, 1.807) is 0 Å². The van der Waals surface area contributed by atoms with E-state index in [1.165, 1.54) is 34.9 Å². The molecular formula is C23H25N. The number of anilines is 1. The first-order valence-corrected chi connectivity index (χ1v) is 9.04. The van der Waals surface area contributed by atoms with Crippen molar-refractivity contribution >= 4 is 16.5 Å². The topological polar surface area (TPSA) is 3.24 Å². The molecule has 1 nitrogen and oxygen atoms in total. The van der Waals surface area contributed by atoms with E-state index >= 15 is 0 Å². The first-order valence-electron chi connectivity index (χ1n) is 9.04. The van der Waals surface area contributed by atoms with Crippen molar-refractivity contribution in [3.63, 3.8) is 0 Å². The fraction of sp³-hybridized carbons (Fsp3) is 0.304. The minimum absolute atomic E-state index is 0.556. The molecule has 0 aromatic heterocycles. The molecule has 0 bridgehead atoms. The molecule has 1 saturated heterocycles. The highest BCUT2D eigenvalue weighted by atomic mass is 15.2. The number of rotatable bonds is 2. The first-order chi connectivity index (χ1) is 11.7. The van der Waals surface area contributed by atoms with Crippen LogP contribution >= 0.6 is 0 Å². The second-order valence-corrected chi connectivity index (χ2v) is 7.22. The zero-order chi connectivity index (χ0) is 16.5. The molecule has 1 fully saturated rings. The van der Waals surface area contributed by atoms with Crippen LogP contribution < -0.4 is 4.90 Å². The van der Waals surface area contributed by atoms with Gasteiger partial charge in [0.05, 0.1) is 0 Å². The Balaban J connectivity index is 1.62. The predicted molar refractivity (Wildman–Crippen MR) is 104 cm³/mol. The Bertz CT molecular complexity index is 812. The van der Waals surface area contributed by atoms with Gasteiger partial charge in [0.1, 0.15) is 0 Å². The van der Waals surface area contributed by atoms with Gasteiger partial charge in [0, 0.05) is 17.8 Å². The van der Waals surface area contributed by atoms with Crippen molar-refractivity contribution in [2.75, 3.05) is 4.90 Å². The second-order valence-electron chi connectivity index (χ2n) is 7.22. The average molecular weight is 315 g/mol. The quantitative estimate of drug-likeness (QED) is 0.560. The van der Waals surface area contributed by atoms with Gasteiger partial charge in [0.25, 0.3) is 0 Å². The molecule has 2 atom stereocenters. The normalized spacial score (nSPS) is 24.2. The maximum Gasteiger partial charge on any atom is 0.0377 e. The zero-order valence-corrected chi connectivity index (χ0v) is 14.5. The van der Waals surface area contributed by atoms with E-state index in [4.69, 9.17) is 0 Å². The van der Waals surface area contributed by atoms with Crippen LogP contribution in [0.2, 0.25) is 0 Å². The number of hydrogen-bond donors (Lipinski definition) is 0. The van der Waals surface area contributed by atoms with Crippen molar-refractivity contribution in [1.82, 2.24) is 0 Å². The maximum atomic E-state index is 2.62. The molecule has 1 aliphatic rings. The van der Waals surface area contributed by atoms with Crippen LogP contribution in [0.4, 0.5) is 5.69 Å². The van der Waals surface area contributed by atoms with Crippen molar-refractivity contribution in [2.45, 2.75) is 44.7 Å². The summed E-state index contributed by atoms with van der Waals surface area (Å²) in [4.78, 5) is 2.62. The summed E-state index contributed by atoms with van der Waals surface area (Å²) in [5, 5.41) is 2.65. The van der Waals surface area contributed by atoms with Gasteiger partial charge in [-0.15, -0.1) is 0 Å². The van der Waals surface area contributed by atoms with Gasteiger partial charge in [-0.25, -0.2) is 0 Å². The lowest BCUT2D eigenvalue weighted by Crippen LogP contribution is -2.46. The number of hydrogen-bond acceptors (Lipinski definition) is 1. The Labute approximate surface area is 144 Å². The molecule has 1 heterocycles. The third-order valence-electron chi connectivity index (χ3n) is 5.50. The smallest absolute Gasteiger partial charge is 0.0377 e. The predicted octanol–water partition coefficient (Wildman–Crippen LogP) is 6.00. The van der Waals surface area contributed by atoms with Crippen LogP contribution in [0.1, 0.15) is 38.2 Å². The average Bonchev–Trinajstić information content (AvgIpc) is 2.62. The summed E-state index contributed by atoms with van der Waals surface area (Å²) in [7, 11) is 0. The molecular weight excluding hydrogens is 290 g/mol. The van der Waals surface area contributed by atoms with Gasteiger partial charge in [0.15, 0.2) is 0 Å². The molecule has 0 amide bonds. The molecule has 0 aliphatic carbocycles. The van der Waals surface area contributed by atoms with E-state index in [2.05, 4.69) is 91.5 Å².